The number of allylic oxidation sites excluding steroid dienone is 4. The van der Waals surface area contributed by atoms with Gasteiger partial charge < -0.3 is 15.9 Å². The van der Waals surface area contributed by atoms with Crippen molar-refractivity contribution >= 4 is 23.1 Å². The molecule has 0 atom stereocenters. The molecule has 0 spiro atoms. The van der Waals surface area contributed by atoms with Gasteiger partial charge in [-0.2, -0.15) is 0 Å². The monoisotopic (exact) mass is 343 g/mol. The minimum absolute atomic E-state index is 0.0633. The topological polar surface area (TPSA) is 131 Å². The van der Waals surface area contributed by atoms with Crippen LogP contribution in [0.1, 0.15) is 38.3 Å². The van der Waals surface area contributed by atoms with Gasteiger partial charge in [0.1, 0.15) is 5.75 Å². The van der Waals surface area contributed by atoms with Crippen molar-refractivity contribution in [3.63, 3.8) is 0 Å². The van der Waals surface area contributed by atoms with Crippen molar-refractivity contribution in [1.29, 1.82) is 10.8 Å². The zero-order valence-corrected chi connectivity index (χ0v) is 14.8. The maximum Gasteiger partial charge on any atom is 0.303 e. The Morgan fingerprint density at radius 3 is 2.04 bits per heavy atom. The molecule has 0 unspecified atom stereocenters. The van der Waals surface area contributed by atoms with E-state index in [4.69, 9.17) is 21.7 Å². The predicted molar refractivity (Wildman–Crippen MR) is 101 cm³/mol. The molecule has 6 N–H and O–H groups in total. The van der Waals surface area contributed by atoms with Gasteiger partial charge in [0, 0.05) is 12.0 Å². The Bertz CT molecular complexity index is 719. The third kappa shape index (κ3) is 6.25. The summed E-state index contributed by atoms with van der Waals surface area (Å²) in [6, 6.07) is 3.46. The molecule has 0 amide bonds. The molecule has 0 saturated carbocycles. The first-order chi connectivity index (χ1) is 11.5. The van der Waals surface area contributed by atoms with E-state index in [2.05, 4.69) is 0 Å². The van der Waals surface area contributed by atoms with Gasteiger partial charge in [0.15, 0.2) is 0 Å². The van der Waals surface area contributed by atoms with Gasteiger partial charge >= 0.3 is 5.97 Å². The molecule has 1 aliphatic carbocycles. The highest BCUT2D eigenvalue weighted by Crippen LogP contribution is 2.36. The number of hydrogen-bond acceptors (Lipinski definition) is 5. The van der Waals surface area contributed by atoms with Crippen LogP contribution >= 0.6 is 0 Å². The first kappa shape index (κ1) is 20.2. The molecule has 1 aromatic carbocycles. The normalized spacial score (nSPS) is 13.4. The number of benzene rings is 1. The number of phenols is 1. The van der Waals surface area contributed by atoms with E-state index < -0.39 is 5.97 Å². The number of hydrogen-bond donors (Lipinski definition) is 5. The number of anilines is 1. The Balaban J connectivity index is 0.000000324. The Labute approximate surface area is 147 Å². The van der Waals surface area contributed by atoms with Gasteiger partial charge in [-0.15, -0.1) is 0 Å². The lowest BCUT2D eigenvalue weighted by Crippen LogP contribution is -2.13. The van der Waals surface area contributed by atoms with E-state index >= 15 is 0 Å². The molecule has 25 heavy (non-hydrogen) atoms. The fraction of sp³-hybridized carbons (Fsp3) is 0.316. The van der Waals surface area contributed by atoms with Gasteiger partial charge in [0.05, 0.1) is 17.1 Å². The van der Waals surface area contributed by atoms with Gasteiger partial charge in [-0.05, 0) is 35.6 Å². The smallest absolute Gasteiger partial charge is 0.303 e. The average Bonchev–Trinajstić information content (AvgIpc) is 2.50. The number of phenolic OH excluding ortho intramolecular Hbond substituents is 1. The minimum Gasteiger partial charge on any atom is -0.505 e. The van der Waals surface area contributed by atoms with Crippen LogP contribution in [-0.4, -0.2) is 27.6 Å². The quantitative estimate of drug-likeness (QED) is 0.327. The number of aryl methyl sites for hydroxylation is 1. The zero-order chi connectivity index (χ0) is 19.2. The SMILES string of the molecule is CC(C)(C)c1cc(CCC(=O)O)cc(N)c1O.N=C1C=CC=CC1=N. The molecular weight excluding hydrogens is 318 g/mol. The van der Waals surface area contributed by atoms with Crippen LogP contribution in [0.3, 0.4) is 0 Å². The molecule has 0 heterocycles. The van der Waals surface area contributed by atoms with Crippen LogP contribution in [0.5, 0.6) is 5.75 Å². The van der Waals surface area contributed by atoms with E-state index in [0.717, 1.165) is 11.1 Å². The molecule has 1 aliphatic rings. The fourth-order valence-electron chi connectivity index (χ4n) is 2.17. The van der Waals surface area contributed by atoms with Crippen molar-refractivity contribution in [2.45, 2.75) is 39.0 Å². The van der Waals surface area contributed by atoms with Crippen LogP contribution < -0.4 is 5.73 Å². The number of nitrogens with two attached hydrogens (primary N) is 1. The van der Waals surface area contributed by atoms with E-state index in [9.17, 15) is 9.90 Å². The highest BCUT2D eigenvalue weighted by molar-refractivity contribution is 6.48. The van der Waals surface area contributed by atoms with Crippen LogP contribution in [0.4, 0.5) is 5.69 Å². The molecule has 0 radical (unpaired) electrons. The summed E-state index contributed by atoms with van der Waals surface area (Å²) < 4.78 is 0. The predicted octanol–water partition coefficient (Wildman–Crippen LogP) is 3.44. The Kier molecular flexibility index (Phi) is 6.68. The molecule has 0 bridgehead atoms. The number of nitrogen functional groups attached to an aromatic ring is 1. The number of carbonyl (C=O) groups is 1. The van der Waals surface area contributed by atoms with E-state index in [0.29, 0.717) is 12.1 Å². The molecule has 0 saturated heterocycles. The second kappa shape index (κ2) is 8.28. The number of nitrogens with one attached hydrogen (secondary N) is 2. The van der Waals surface area contributed by atoms with Crippen LogP contribution in [0.25, 0.3) is 0 Å². The maximum atomic E-state index is 10.5. The van der Waals surface area contributed by atoms with Crippen LogP contribution in [0, 0.1) is 10.8 Å². The summed E-state index contributed by atoms with van der Waals surface area (Å²) in [7, 11) is 0. The van der Waals surface area contributed by atoms with Gasteiger partial charge in [-0.25, -0.2) is 0 Å². The molecule has 0 aromatic heterocycles. The molecule has 2 rings (SSSR count). The van der Waals surface area contributed by atoms with Crippen LogP contribution in [0.15, 0.2) is 36.4 Å². The summed E-state index contributed by atoms with van der Waals surface area (Å²) in [5, 5.41) is 32.6. The third-order valence-electron chi connectivity index (χ3n) is 3.56. The van der Waals surface area contributed by atoms with Crippen LogP contribution in [-0.2, 0) is 16.6 Å². The summed E-state index contributed by atoms with van der Waals surface area (Å²) in [6.07, 6.45) is 7.18. The summed E-state index contributed by atoms with van der Waals surface area (Å²) in [5.41, 5.74) is 7.96. The maximum absolute atomic E-state index is 10.5. The van der Waals surface area contributed by atoms with E-state index in [1.165, 1.54) is 0 Å². The summed E-state index contributed by atoms with van der Waals surface area (Å²) >= 11 is 0. The second-order valence-electron chi connectivity index (χ2n) is 6.77. The van der Waals surface area contributed by atoms with E-state index in [1.54, 1.807) is 30.4 Å². The summed E-state index contributed by atoms with van der Waals surface area (Å²) in [6.45, 7) is 5.92. The Morgan fingerprint density at radius 2 is 1.64 bits per heavy atom. The lowest BCUT2D eigenvalue weighted by molar-refractivity contribution is -0.136. The number of carboxylic acid groups (broad SMARTS) is 1. The van der Waals surface area contributed by atoms with Crippen molar-refractivity contribution in [3.05, 3.63) is 47.6 Å². The van der Waals surface area contributed by atoms with Crippen molar-refractivity contribution in [2.24, 2.45) is 0 Å². The molecule has 6 heteroatoms. The number of carboxylic acids is 1. The van der Waals surface area contributed by atoms with Crippen molar-refractivity contribution in [2.75, 3.05) is 5.73 Å². The lowest BCUT2D eigenvalue weighted by atomic mass is 9.84. The summed E-state index contributed by atoms with van der Waals surface area (Å²) in [4.78, 5) is 10.5. The van der Waals surface area contributed by atoms with E-state index in [1.807, 2.05) is 26.8 Å². The number of aliphatic carboxylic acids is 1. The Morgan fingerprint density at radius 1 is 1.12 bits per heavy atom. The summed E-state index contributed by atoms with van der Waals surface area (Å²) in [5.74, 6) is -0.745. The lowest BCUT2D eigenvalue weighted by Gasteiger charge is -2.22. The molecule has 6 nitrogen and oxygen atoms in total. The van der Waals surface area contributed by atoms with Crippen molar-refractivity contribution < 1.29 is 15.0 Å². The minimum atomic E-state index is -0.839. The van der Waals surface area contributed by atoms with Crippen molar-refractivity contribution in [3.8, 4) is 5.75 Å². The molecule has 0 aliphatic heterocycles. The van der Waals surface area contributed by atoms with Crippen LogP contribution in [0.2, 0.25) is 0 Å². The fourth-order valence-corrected chi connectivity index (χ4v) is 2.17. The average molecular weight is 343 g/mol. The molecule has 0 fully saturated rings. The largest absolute Gasteiger partial charge is 0.505 e. The molecular formula is C19H25N3O3. The van der Waals surface area contributed by atoms with E-state index in [-0.39, 0.29) is 29.0 Å². The number of rotatable bonds is 3. The second-order valence-corrected chi connectivity index (χ2v) is 6.77. The zero-order valence-electron chi connectivity index (χ0n) is 14.8. The van der Waals surface area contributed by atoms with Gasteiger partial charge in [0.25, 0.3) is 0 Å². The van der Waals surface area contributed by atoms with Gasteiger partial charge in [0.2, 0.25) is 0 Å². The highest BCUT2D eigenvalue weighted by atomic mass is 16.4. The third-order valence-corrected chi connectivity index (χ3v) is 3.56. The standard InChI is InChI=1S/C13H19NO3.C6H6N2/c1-13(2,3)9-6-8(4-5-11(15)16)7-10(14)12(9)17;7-5-3-1-2-4-6(5)8/h6-7,17H,4-5,14H2,1-3H3,(H,15,16);1-4,7-8H. The van der Waals surface area contributed by atoms with Crippen molar-refractivity contribution in [1.82, 2.24) is 0 Å². The highest BCUT2D eigenvalue weighted by Gasteiger charge is 2.20. The van der Waals surface area contributed by atoms with Gasteiger partial charge in [-0.1, -0.05) is 39.0 Å². The van der Waals surface area contributed by atoms with Gasteiger partial charge in [-0.3, -0.25) is 15.6 Å². The Hall–Kier alpha value is -2.89. The molecule has 1 aromatic rings. The molecule has 134 valence electrons. The first-order valence-corrected chi connectivity index (χ1v) is 7.88. The first-order valence-electron chi connectivity index (χ1n) is 7.88. The number of aromatic hydroxyl groups is 1.